The van der Waals surface area contributed by atoms with Gasteiger partial charge in [-0.1, -0.05) is 0 Å². The zero-order chi connectivity index (χ0) is 18.2. The fourth-order valence-electron chi connectivity index (χ4n) is 2.53. The van der Waals surface area contributed by atoms with E-state index in [0.29, 0.717) is 25.3 Å². The Hall–Kier alpha value is -3.21. The van der Waals surface area contributed by atoms with Crippen molar-refractivity contribution in [2.75, 3.05) is 19.8 Å². The van der Waals surface area contributed by atoms with E-state index >= 15 is 0 Å². The number of ether oxygens (including phenoxy) is 2. The van der Waals surface area contributed by atoms with E-state index in [0.717, 1.165) is 17.2 Å². The summed E-state index contributed by atoms with van der Waals surface area (Å²) < 4.78 is 13.0. The highest BCUT2D eigenvalue weighted by atomic mass is 16.5. The van der Waals surface area contributed by atoms with Crippen LogP contribution in [0, 0.1) is 0 Å². The third-order valence-electron chi connectivity index (χ3n) is 3.82. The molecule has 0 aliphatic rings. The molecule has 0 saturated heterocycles. The van der Waals surface area contributed by atoms with Crippen molar-refractivity contribution in [1.29, 1.82) is 0 Å². The summed E-state index contributed by atoms with van der Waals surface area (Å²) in [6, 6.07) is 18.8. The standard InChI is InChI=1S/C21H22N2O3/c1-2-25-19-9-11-20(12-10-19)26-16-13-22-21(24)17-5-7-18(8-6-17)23-14-3-4-15-23/h3-12,14-15H,2,13,16H2,1H3,(H,22,24). The number of hydrogen-bond acceptors (Lipinski definition) is 3. The zero-order valence-electron chi connectivity index (χ0n) is 14.7. The van der Waals surface area contributed by atoms with Gasteiger partial charge in [-0.15, -0.1) is 0 Å². The van der Waals surface area contributed by atoms with E-state index in [2.05, 4.69) is 5.32 Å². The summed E-state index contributed by atoms with van der Waals surface area (Å²) in [7, 11) is 0. The van der Waals surface area contributed by atoms with Crippen LogP contribution >= 0.6 is 0 Å². The Morgan fingerprint density at radius 1 is 0.923 bits per heavy atom. The molecule has 3 aromatic rings. The van der Waals surface area contributed by atoms with Crippen molar-refractivity contribution in [3.63, 3.8) is 0 Å². The van der Waals surface area contributed by atoms with Gasteiger partial charge in [0, 0.05) is 23.6 Å². The minimum absolute atomic E-state index is 0.112. The predicted molar refractivity (Wildman–Crippen MR) is 101 cm³/mol. The molecular formula is C21H22N2O3. The number of carbonyl (C=O) groups is 1. The molecule has 5 heteroatoms. The Kier molecular flexibility index (Phi) is 5.93. The van der Waals surface area contributed by atoms with E-state index in [-0.39, 0.29) is 5.91 Å². The topological polar surface area (TPSA) is 52.5 Å². The first-order chi connectivity index (χ1) is 12.8. The molecule has 0 aliphatic heterocycles. The minimum Gasteiger partial charge on any atom is -0.494 e. The molecule has 0 saturated carbocycles. The van der Waals surface area contributed by atoms with E-state index in [9.17, 15) is 4.79 Å². The molecule has 0 bridgehead atoms. The van der Waals surface area contributed by atoms with Crippen LogP contribution in [-0.2, 0) is 0 Å². The smallest absolute Gasteiger partial charge is 0.251 e. The van der Waals surface area contributed by atoms with Gasteiger partial charge >= 0.3 is 0 Å². The maximum atomic E-state index is 12.2. The number of nitrogens with zero attached hydrogens (tertiary/aromatic N) is 1. The average molecular weight is 350 g/mol. The first-order valence-corrected chi connectivity index (χ1v) is 8.63. The summed E-state index contributed by atoms with van der Waals surface area (Å²) in [5.41, 5.74) is 1.65. The summed E-state index contributed by atoms with van der Waals surface area (Å²) in [6.45, 7) is 3.42. The van der Waals surface area contributed by atoms with Gasteiger partial charge in [0.2, 0.25) is 0 Å². The van der Waals surface area contributed by atoms with Crippen LogP contribution in [0.4, 0.5) is 0 Å². The van der Waals surface area contributed by atoms with E-state index in [1.165, 1.54) is 0 Å². The normalized spacial score (nSPS) is 10.3. The first kappa shape index (κ1) is 17.6. The Bertz CT molecular complexity index is 809. The van der Waals surface area contributed by atoms with Crippen molar-refractivity contribution < 1.29 is 14.3 Å². The van der Waals surface area contributed by atoms with E-state index < -0.39 is 0 Å². The van der Waals surface area contributed by atoms with E-state index in [1.807, 2.05) is 84.5 Å². The summed E-state index contributed by atoms with van der Waals surface area (Å²) in [4.78, 5) is 12.2. The summed E-state index contributed by atoms with van der Waals surface area (Å²) in [6.07, 6.45) is 3.93. The molecule has 134 valence electrons. The Morgan fingerprint density at radius 3 is 2.15 bits per heavy atom. The molecule has 2 aromatic carbocycles. The second kappa shape index (κ2) is 8.76. The van der Waals surface area contributed by atoms with E-state index in [4.69, 9.17) is 9.47 Å². The number of nitrogens with one attached hydrogen (secondary N) is 1. The molecule has 1 aromatic heterocycles. The van der Waals surface area contributed by atoms with Crippen molar-refractivity contribution in [2.24, 2.45) is 0 Å². The van der Waals surface area contributed by atoms with Gasteiger partial charge < -0.3 is 19.4 Å². The lowest BCUT2D eigenvalue weighted by Crippen LogP contribution is -2.28. The van der Waals surface area contributed by atoms with Gasteiger partial charge in [-0.05, 0) is 67.6 Å². The zero-order valence-corrected chi connectivity index (χ0v) is 14.7. The molecule has 1 N–H and O–H groups in total. The maximum absolute atomic E-state index is 12.2. The maximum Gasteiger partial charge on any atom is 0.251 e. The lowest BCUT2D eigenvalue weighted by Gasteiger charge is -2.09. The van der Waals surface area contributed by atoms with Crippen LogP contribution in [0.15, 0.2) is 73.1 Å². The molecule has 0 unspecified atom stereocenters. The fourth-order valence-corrected chi connectivity index (χ4v) is 2.53. The Labute approximate surface area is 153 Å². The number of aromatic nitrogens is 1. The van der Waals surface area contributed by atoms with Gasteiger partial charge in [0.15, 0.2) is 0 Å². The van der Waals surface area contributed by atoms with Crippen molar-refractivity contribution in [1.82, 2.24) is 9.88 Å². The number of hydrogen-bond donors (Lipinski definition) is 1. The summed E-state index contributed by atoms with van der Waals surface area (Å²) in [5, 5.41) is 2.86. The average Bonchev–Trinajstić information content (AvgIpc) is 3.21. The highest BCUT2D eigenvalue weighted by Crippen LogP contribution is 2.17. The van der Waals surface area contributed by atoms with Gasteiger partial charge in [-0.3, -0.25) is 4.79 Å². The molecule has 5 nitrogen and oxygen atoms in total. The predicted octanol–water partition coefficient (Wildman–Crippen LogP) is 3.68. The molecule has 0 spiro atoms. The van der Waals surface area contributed by atoms with Crippen molar-refractivity contribution in [3.05, 3.63) is 78.6 Å². The lowest BCUT2D eigenvalue weighted by molar-refractivity contribution is 0.0947. The second-order valence-corrected chi connectivity index (χ2v) is 5.65. The van der Waals surface area contributed by atoms with Crippen LogP contribution in [0.1, 0.15) is 17.3 Å². The minimum atomic E-state index is -0.112. The molecule has 1 amide bonds. The van der Waals surface area contributed by atoms with Crippen LogP contribution in [0.2, 0.25) is 0 Å². The van der Waals surface area contributed by atoms with Crippen LogP contribution in [0.3, 0.4) is 0 Å². The lowest BCUT2D eigenvalue weighted by atomic mass is 10.2. The number of rotatable bonds is 8. The fraction of sp³-hybridized carbons (Fsp3) is 0.190. The van der Waals surface area contributed by atoms with Crippen LogP contribution in [-0.4, -0.2) is 30.2 Å². The Balaban J connectivity index is 1.43. The molecular weight excluding hydrogens is 328 g/mol. The first-order valence-electron chi connectivity index (χ1n) is 8.63. The van der Waals surface area contributed by atoms with Crippen LogP contribution < -0.4 is 14.8 Å². The monoisotopic (exact) mass is 350 g/mol. The molecule has 0 atom stereocenters. The van der Waals surface area contributed by atoms with Crippen molar-refractivity contribution in [3.8, 4) is 17.2 Å². The highest BCUT2D eigenvalue weighted by molar-refractivity contribution is 5.94. The summed E-state index contributed by atoms with van der Waals surface area (Å²) in [5.74, 6) is 1.45. The quantitative estimate of drug-likeness (QED) is 0.631. The van der Waals surface area contributed by atoms with Crippen molar-refractivity contribution >= 4 is 5.91 Å². The summed E-state index contributed by atoms with van der Waals surface area (Å²) >= 11 is 0. The van der Waals surface area contributed by atoms with Gasteiger partial charge in [-0.25, -0.2) is 0 Å². The van der Waals surface area contributed by atoms with Crippen LogP contribution in [0.25, 0.3) is 5.69 Å². The third kappa shape index (κ3) is 4.66. The van der Waals surface area contributed by atoms with Gasteiger partial charge in [0.05, 0.1) is 13.2 Å². The third-order valence-corrected chi connectivity index (χ3v) is 3.82. The number of carbonyl (C=O) groups excluding carboxylic acids is 1. The molecule has 3 rings (SSSR count). The molecule has 1 heterocycles. The van der Waals surface area contributed by atoms with E-state index in [1.54, 1.807) is 0 Å². The highest BCUT2D eigenvalue weighted by Gasteiger charge is 2.05. The molecule has 26 heavy (non-hydrogen) atoms. The molecule has 0 radical (unpaired) electrons. The van der Waals surface area contributed by atoms with Gasteiger partial charge in [0.1, 0.15) is 18.1 Å². The molecule has 0 fully saturated rings. The number of amides is 1. The van der Waals surface area contributed by atoms with Crippen LogP contribution in [0.5, 0.6) is 11.5 Å². The second-order valence-electron chi connectivity index (χ2n) is 5.65. The van der Waals surface area contributed by atoms with Crippen molar-refractivity contribution in [2.45, 2.75) is 6.92 Å². The SMILES string of the molecule is CCOc1ccc(OCCNC(=O)c2ccc(-n3cccc3)cc2)cc1. The molecule has 0 aliphatic carbocycles. The largest absolute Gasteiger partial charge is 0.494 e. The van der Waals surface area contributed by atoms with Gasteiger partial charge in [0.25, 0.3) is 5.91 Å². The number of benzene rings is 2. The Morgan fingerprint density at radius 2 is 1.54 bits per heavy atom. The van der Waals surface area contributed by atoms with Gasteiger partial charge in [-0.2, -0.15) is 0 Å².